The summed E-state index contributed by atoms with van der Waals surface area (Å²) >= 11 is 1.67. The lowest BCUT2D eigenvalue weighted by molar-refractivity contribution is 0.451. The van der Waals surface area contributed by atoms with Crippen molar-refractivity contribution in [1.82, 2.24) is 20.4 Å². The van der Waals surface area contributed by atoms with Crippen LogP contribution in [0.1, 0.15) is 16.3 Å². The van der Waals surface area contributed by atoms with Crippen LogP contribution >= 0.6 is 11.3 Å². The third-order valence-electron chi connectivity index (χ3n) is 2.65. The van der Waals surface area contributed by atoms with E-state index in [1.807, 2.05) is 24.4 Å². The van der Waals surface area contributed by atoms with Gasteiger partial charge in [0, 0.05) is 11.3 Å². The average Bonchev–Trinajstić information content (AvgIpc) is 2.93. The van der Waals surface area contributed by atoms with Gasteiger partial charge in [0.25, 0.3) is 0 Å². The fourth-order valence-corrected chi connectivity index (χ4v) is 2.53. The first kappa shape index (κ1) is 10.2. The number of aryl methyl sites for hydroxylation is 1. The Labute approximate surface area is 101 Å². The number of aromatic amines is 1. The molecule has 0 aliphatic rings. The molecule has 0 spiro atoms. The van der Waals surface area contributed by atoms with Crippen molar-refractivity contribution in [3.8, 4) is 5.88 Å². The van der Waals surface area contributed by atoms with Gasteiger partial charge in [0.1, 0.15) is 0 Å². The Bertz CT molecular complexity index is 659. The van der Waals surface area contributed by atoms with Crippen molar-refractivity contribution in [3.05, 3.63) is 33.8 Å². The molecule has 17 heavy (non-hydrogen) atoms. The molecule has 0 saturated heterocycles. The van der Waals surface area contributed by atoms with Gasteiger partial charge >= 0.3 is 0 Å². The molecule has 0 saturated carbocycles. The maximum Gasteiger partial charge on any atom is 0.242 e. The van der Waals surface area contributed by atoms with Gasteiger partial charge in [0.2, 0.25) is 5.88 Å². The molecule has 3 aromatic heterocycles. The largest absolute Gasteiger partial charge is 0.492 e. The van der Waals surface area contributed by atoms with E-state index in [0.717, 1.165) is 16.9 Å². The third kappa shape index (κ3) is 1.66. The highest BCUT2D eigenvalue weighted by atomic mass is 32.1. The van der Waals surface area contributed by atoms with Gasteiger partial charge in [-0.25, -0.2) is 0 Å². The average molecular weight is 246 g/mol. The molecular weight excluding hydrogens is 236 g/mol. The van der Waals surface area contributed by atoms with E-state index in [1.54, 1.807) is 11.3 Å². The summed E-state index contributed by atoms with van der Waals surface area (Å²) in [5, 5.41) is 27.1. The number of hydrogen-bond acceptors (Lipinski definition) is 5. The topological polar surface area (TPSA) is 74.7 Å². The third-order valence-corrected chi connectivity index (χ3v) is 3.52. The van der Waals surface area contributed by atoms with Gasteiger partial charge in [0.05, 0.1) is 22.3 Å². The Hall–Kier alpha value is -1.95. The van der Waals surface area contributed by atoms with Gasteiger partial charge in [-0.2, -0.15) is 5.10 Å². The number of nitrogens with zero attached hydrogens (tertiary/aromatic N) is 3. The van der Waals surface area contributed by atoms with E-state index in [-0.39, 0.29) is 5.88 Å². The van der Waals surface area contributed by atoms with Crippen molar-refractivity contribution in [2.75, 3.05) is 0 Å². The number of aromatic nitrogens is 4. The molecule has 0 unspecified atom stereocenters. The van der Waals surface area contributed by atoms with E-state index < -0.39 is 0 Å². The van der Waals surface area contributed by atoms with Gasteiger partial charge in [-0.3, -0.25) is 5.10 Å². The number of aromatic hydroxyl groups is 1. The van der Waals surface area contributed by atoms with Crippen LogP contribution in [0.25, 0.3) is 10.9 Å². The van der Waals surface area contributed by atoms with Gasteiger partial charge < -0.3 is 5.11 Å². The number of H-pyrrole nitrogens is 1. The van der Waals surface area contributed by atoms with Crippen LogP contribution in [0.2, 0.25) is 0 Å². The van der Waals surface area contributed by atoms with Crippen LogP contribution in [0.15, 0.2) is 17.5 Å². The molecule has 0 amide bonds. The second kappa shape index (κ2) is 3.81. The maximum atomic E-state index is 9.66. The Morgan fingerprint density at radius 2 is 2.29 bits per heavy atom. The maximum absolute atomic E-state index is 9.66. The van der Waals surface area contributed by atoms with E-state index in [4.69, 9.17) is 0 Å². The summed E-state index contributed by atoms with van der Waals surface area (Å²) in [6.07, 6.45) is 0.698. The summed E-state index contributed by atoms with van der Waals surface area (Å²) in [6, 6.07) is 4.05. The summed E-state index contributed by atoms with van der Waals surface area (Å²) < 4.78 is 0. The van der Waals surface area contributed by atoms with Crippen molar-refractivity contribution in [3.63, 3.8) is 0 Å². The van der Waals surface area contributed by atoms with Crippen LogP contribution in [0.3, 0.4) is 0 Å². The van der Waals surface area contributed by atoms with Crippen LogP contribution in [-0.4, -0.2) is 25.5 Å². The molecule has 0 aliphatic heterocycles. The van der Waals surface area contributed by atoms with Gasteiger partial charge in [-0.15, -0.1) is 21.5 Å². The number of nitrogens with one attached hydrogen (secondary N) is 1. The smallest absolute Gasteiger partial charge is 0.242 e. The van der Waals surface area contributed by atoms with Crippen LogP contribution < -0.4 is 0 Å². The number of thiophene rings is 1. The Morgan fingerprint density at radius 1 is 1.41 bits per heavy atom. The van der Waals surface area contributed by atoms with Crippen LogP contribution in [0, 0.1) is 6.92 Å². The van der Waals surface area contributed by atoms with E-state index in [2.05, 4.69) is 20.4 Å². The lowest BCUT2D eigenvalue weighted by atomic mass is 10.2. The minimum absolute atomic E-state index is 0.0684. The van der Waals surface area contributed by atoms with Crippen molar-refractivity contribution >= 4 is 22.2 Å². The predicted octanol–water partition coefficient (Wildman–Crippen LogP) is 2.02. The zero-order valence-electron chi connectivity index (χ0n) is 9.14. The fraction of sp³-hybridized carbons (Fsp3) is 0.182. The quantitative estimate of drug-likeness (QED) is 0.725. The van der Waals surface area contributed by atoms with Crippen LogP contribution in [0.5, 0.6) is 5.88 Å². The molecule has 0 fully saturated rings. The normalized spacial score (nSPS) is 11.1. The number of fused-ring (bicyclic) bond motifs is 1. The Kier molecular flexibility index (Phi) is 2.29. The van der Waals surface area contributed by atoms with Crippen molar-refractivity contribution in [2.45, 2.75) is 13.3 Å². The summed E-state index contributed by atoms with van der Waals surface area (Å²) in [4.78, 5) is 1.21. The lowest BCUT2D eigenvalue weighted by Gasteiger charge is -2.00. The second-order valence-corrected chi connectivity index (χ2v) is 4.82. The van der Waals surface area contributed by atoms with E-state index in [1.165, 1.54) is 4.88 Å². The summed E-state index contributed by atoms with van der Waals surface area (Å²) in [5.41, 5.74) is 2.31. The molecular formula is C11H10N4OS. The first-order valence-corrected chi connectivity index (χ1v) is 6.05. The highest BCUT2D eigenvalue weighted by Gasteiger charge is 2.14. The SMILES string of the molecule is Cc1n[nH]c2c(Cc3cccs3)nnc(O)c12. The Morgan fingerprint density at radius 3 is 3.06 bits per heavy atom. The molecule has 0 aromatic carbocycles. The monoisotopic (exact) mass is 246 g/mol. The zero-order chi connectivity index (χ0) is 11.8. The lowest BCUT2D eigenvalue weighted by Crippen LogP contribution is -1.95. The standard InChI is InChI=1S/C11H10N4OS/c1-6-9-10(14-12-6)8(13-15-11(9)16)5-7-3-2-4-17-7/h2-4H,5H2,1H3,(H,12,14)(H,15,16). The molecule has 0 bridgehead atoms. The molecule has 3 aromatic rings. The minimum Gasteiger partial charge on any atom is -0.492 e. The van der Waals surface area contributed by atoms with Crippen LogP contribution in [-0.2, 0) is 6.42 Å². The fourth-order valence-electron chi connectivity index (χ4n) is 1.82. The summed E-state index contributed by atoms with van der Waals surface area (Å²) in [6.45, 7) is 1.83. The highest BCUT2D eigenvalue weighted by molar-refractivity contribution is 7.09. The summed E-state index contributed by atoms with van der Waals surface area (Å²) in [7, 11) is 0. The minimum atomic E-state index is -0.0684. The van der Waals surface area contributed by atoms with Crippen molar-refractivity contribution in [2.24, 2.45) is 0 Å². The molecule has 0 aliphatic carbocycles. The van der Waals surface area contributed by atoms with Crippen molar-refractivity contribution in [1.29, 1.82) is 0 Å². The molecule has 6 heteroatoms. The van der Waals surface area contributed by atoms with Gasteiger partial charge in [0.15, 0.2) is 0 Å². The molecule has 0 radical (unpaired) electrons. The van der Waals surface area contributed by atoms with E-state index in [9.17, 15) is 5.11 Å². The zero-order valence-corrected chi connectivity index (χ0v) is 9.95. The molecule has 3 heterocycles. The Balaban J connectivity index is 2.14. The van der Waals surface area contributed by atoms with Crippen LogP contribution in [0.4, 0.5) is 0 Å². The van der Waals surface area contributed by atoms with Crippen molar-refractivity contribution < 1.29 is 5.11 Å². The second-order valence-electron chi connectivity index (χ2n) is 3.79. The number of rotatable bonds is 2. The molecule has 86 valence electrons. The first-order chi connectivity index (χ1) is 8.25. The summed E-state index contributed by atoms with van der Waals surface area (Å²) in [5.74, 6) is -0.0684. The predicted molar refractivity (Wildman–Crippen MR) is 65.2 cm³/mol. The number of hydrogen-bond donors (Lipinski definition) is 2. The van der Waals surface area contributed by atoms with Gasteiger partial charge in [-0.05, 0) is 18.4 Å². The van der Waals surface area contributed by atoms with E-state index in [0.29, 0.717) is 11.8 Å². The van der Waals surface area contributed by atoms with E-state index >= 15 is 0 Å². The molecule has 0 atom stereocenters. The molecule has 2 N–H and O–H groups in total. The molecule has 5 nitrogen and oxygen atoms in total. The highest BCUT2D eigenvalue weighted by Crippen LogP contribution is 2.26. The van der Waals surface area contributed by atoms with Gasteiger partial charge in [-0.1, -0.05) is 6.07 Å². The molecule has 3 rings (SSSR count). The first-order valence-electron chi connectivity index (χ1n) is 5.17.